The van der Waals surface area contributed by atoms with E-state index < -0.39 is 0 Å². The van der Waals surface area contributed by atoms with Crippen molar-refractivity contribution in [1.82, 2.24) is 4.98 Å². The SMILES string of the molecule is CCCC1CCC(C#Cc2ccc(-c3ccc(Cl)cc3)nc2)CC1. The van der Waals surface area contributed by atoms with Crippen LogP contribution in [-0.4, -0.2) is 4.98 Å². The maximum Gasteiger partial charge on any atom is 0.0702 e. The normalized spacial score (nSPS) is 20.2. The molecule has 1 nitrogen and oxygen atoms in total. The van der Waals surface area contributed by atoms with Gasteiger partial charge in [-0.15, -0.1) is 0 Å². The molecule has 3 rings (SSSR count). The van der Waals surface area contributed by atoms with Crippen LogP contribution in [0.1, 0.15) is 51.0 Å². The van der Waals surface area contributed by atoms with Gasteiger partial charge in [0.1, 0.15) is 0 Å². The van der Waals surface area contributed by atoms with Crippen LogP contribution in [0.15, 0.2) is 42.6 Å². The minimum Gasteiger partial charge on any atom is -0.255 e. The zero-order chi connectivity index (χ0) is 16.8. The topological polar surface area (TPSA) is 12.9 Å². The second kappa shape index (κ2) is 8.36. The first-order valence-electron chi connectivity index (χ1n) is 8.98. The van der Waals surface area contributed by atoms with E-state index in [0.29, 0.717) is 5.92 Å². The van der Waals surface area contributed by atoms with Crippen LogP contribution in [0.4, 0.5) is 0 Å². The highest BCUT2D eigenvalue weighted by Gasteiger charge is 2.18. The van der Waals surface area contributed by atoms with Crippen molar-refractivity contribution in [2.75, 3.05) is 0 Å². The van der Waals surface area contributed by atoms with Crippen LogP contribution in [0.2, 0.25) is 5.02 Å². The molecule has 0 radical (unpaired) electrons. The zero-order valence-electron chi connectivity index (χ0n) is 14.3. The third kappa shape index (κ3) is 4.62. The average molecular weight is 338 g/mol. The molecule has 24 heavy (non-hydrogen) atoms. The summed E-state index contributed by atoms with van der Waals surface area (Å²) >= 11 is 5.93. The van der Waals surface area contributed by atoms with E-state index in [1.807, 2.05) is 36.5 Å². The standard InChI is InChI=1S/C22H24ClN/c1-2-3-17-4-6-18(7-5-17)8-9-19-10-15-22(24-16-19)20-11-13-21(23)14-12-20/h10-18H,2-7H2,1H3. The maximum absolute atomic E-state index is 5.93. The second-order valence-electron chi connectivity index (χ2n) is 6.71. The molecule has 0 bridgehead atoms. The van der Waals surface area contributed by atoms with Crippen LogP contribution < -0.4 is 0 Å². The molecule has 1 fully saturated rings. The second-order valence-corrected chi connectivity index (χ2v) is 7.15. The summed E-state index contributed by atoms with van der Waals surface area (Å²) in [5, 5.41) is 0.745. The van der Waals surface area contributed by atoms with Gasteiger partial charge in [-0.1, -0.05) is 55.3 Å². The molecular weight excluding hydrogens is 314 g/mol. The van der Waals surface area contributed by atoms with E-state index in [-0.39, 0.29) is 0 Å². The summed E-state index contributed by atoms with van der Waals surface area (Å²) in [5.74, 6) is 8.28. The van der Waals surface area contributed by atoms with Crippen molar-refractivity contribution in [1.29, 1.82) is 0 Å². The van der Waals surface area contributed by atoms with E-state index >= 15 is 0 Å². The van der Waals surface area contributed by atoms with E-state index in [1.54, 1.807) is 0 Å². The fourth-order valence-corrected chi connectivity index (χ4v) is 3.57. The summed E-state index contributed by atoms with van der Waals surface area (Å²) in [6.07, 6.45) is 9.78. The van der Waals surface area contributed by atoms with E-state index in [2.05, 4.69) is 29.8 Å². The monoisotopic (exact) mass is 337 g/mol. The summed E-state index contributed by atoms with van der Waals surface area (Å²) in [5.41, 5.74) is 3.04. The Labute approximate surface area is 150 Å². The van der Waals surface area contributed by atoms with Gasteiger partial charge in [0.2, 0.25) is 0 Å². The van der Waals surface area contributed by atoms with Crippen molar-refractivity contribution in [3.05, 3.63) is 53.2 Å². The molecule has 1 saturated carbocycles. The van der Waals surface area contributed by atoms with Crippen molar-refractivity contribution in [3.8, 4) is 23.1 Å². The van der Waals surface area contributed by atoms with Gasteiger partial charge in [0.05, 0.1) is 5.69 Å². The van der Waals surface area contributed by atoms with Gasteiger partial charge in [-0.3, -0.25) is 4.98 Å². The Hall–Kier alpha value is -1.78. The molecule has 1 aromatic carbocycles. The third-order valence-corrected chi connectivity index (χ3v) is 5.12. The fourth-order valence-electron chi connectivity index (χ4n) is 3.45. The Balaban J connectivity index is 1.60. The van der Waals surface area contributed by atoms with Crippen LogP contribution in [-0.2, 0) is 0 Å². The lowest BCUT2D eigenvalue weighted by molar-refractivity contribution is 0.300. The van der Waals surface area contributed by atoms with E-state index in [4.69, 9.17) is 11.6 Å². The number of hydrogen-bond acceptors (Lipinski definition) is 1. The molecule has 0 amide bonds. The van der Waals surface area contributed by atoms with Gasteiger partial charge in [0.25, 0.3) is 0 Å². The summed E-state index contributed by atoms with van der Waals surface area (Å²) < 4.78 is 0. The van der Waals surface area contributed by atoms with Crippen LogP contribution in [0.3, 0.4) is 0 Å². The Morgan fingerprint density at radius 1 is 1.04 bits per heavy atom. The van der Waals surface area contributed by atoms with E-state index in [0.717, 1.165) is 27.8 Å². The van der Waals surface area contributed by atoms with Crippen LogP contribution in [0.25, 0.3) is 11.3 Å². The van der Waals surface area contributed by atoms with Crippen molar-refractivity contribution < 1.29 is 0 Å². The average Bonchev–Trinajstić information content (AvgIpc) is 2.63. The van der Waals surface area contributed by atoms with Gasteiger partial charge in [0.15, 0.2) is 0 Å². The molecule has 2 aromatic rings. The number of hydrogen-bond donors (Lipinski definition) is 0. The molecule has 0 saturated heterocycles. The van der Waals surface area contributed by atoms with Gasteiger partial charge in [-0.25, -0.2) is 0 Å². The lowest BCUT2D eigenvalue weighted by Gasteiger charge is -2.25. The number of benzene rings is 1. The summed E-state index contributed by atoms with van der Waals surface area (Å²) in [6, 6.07) is 11.9. The maximum atomic E-state index is 5.93. The minimum absolute atomic E-state index is 0.564. The highest BCUT2D eigenvalue weighted by molar-refractivity contribution is 6.30. The summed E-state index contributed by atoms with van der Waals surface area (Å²) in [6.45, 7) is 2.28. The third-order valence-electron chi connectivity index (χ3n) is 4.87. The summed E-state index contributed by atoms with van der Waals surface area (Å²) in [7, 11) is 0. The smallest absolute Gasteiger partial charge is 0.0702 e. The number of halogens is 1. The molecule has 0 N–H and O–H groups in total. The molecule has 1 heterocycles. The lowest BCUT2D eigenvalue weighted by atomic mass is 9.80. The van der Waals surface area contributed by atoms with Crippen molar-refractivity contribution >= 4 is 11.6 Å². The predicted molar refractivity (Wildman–Crippen MR) is 102 cm³/mol. The van der Waals surface area contributed by atoms with Crippen LogP contribution in [0.5, 0.6) is 0 Å². The highest BCUT2D eigenvalue weighted by atomic mass is 35.5. The molecule has 2 heteroatoms. The Bertz CT molecular complexity index is 698. The number of pyridine rings is 1. The molecule has 1 aliphatic carbocycles. The Morgan fingerprint density at radius 3 is 2.42 bits per heavy atom. The first-order valence-corrected chi connectivity index (χ1v) is 9.36. The zero-order valence-corrected chi connectivity index (χ0v) is 15.0. The van der Waals surface area contributed by atoms with Gasteiger partial charge < -0.3 is 0 Å². The molecule has 0 atom stereocenters. The quantitative estimate of drug-likeness (QED) is 0.594. The number of rotatable bonds is 3. The van der Waals surface area contributed by atoms with Crippen molar-refractivity contribution in [3.63, 3.8) is 0 Å². The van der Waals surface area contributed by atoms with Gasteiger partial charge in [0, 0.05) is 28.3 Å². The number of aromatic nitrogens is 1. The minimum atomic E-state index is 0.564. The molecular formula is C22H24ClN. The van der Waals surface area contributed by atoms with Crippen molar-refractivity contribution in [2.24, 2.45) is 11.8 Å². The van der Waals surface area contributed by atoms with Crippen LogP contribution >= 0.6 is 11.6 Å². The lowest BCUT2D eigenvalue weighted by Crippen LogP contribution is -2.13. The molecule has 124 valence electrons. The van der Waals surface area contributed by atoms with Gasteiger partial charge in [-0.05, 0) is 55.9 Å². The first kappa shape index (κ1) is 17.1. The largest absolute Gasteiger partial charge is 0.255 e. The van der Waals surface area contributed by atoms with Crippen molar-refractivity contribution in [2.45, 2.75) is 45.4 Å². The highest BCUT2D eigenvalue weighted by Crippen LogP contribution is 2.31. The van der Waals surface area contributed by atoms with Gasteiger partial charge in [-0.2, -0.15) is 0 Å². The first-order chi connectivity index (χ1) is 11.7. The van der Waals surface area contributed by atoms with Gasteiger partial charge >= 0.3 is 0 Å². The molecule has 0 spiro atoms. The fraction of sp³-hybridized carbons (Fsp3) is 0.409. The van der Waals surface area contributed by atoms with E-state index in [1.165, 1.54) is 38.5 Å². The predicted octanol–water partition coefficient (Wildman–Crippen LogP) is 6.36. The number of nitrogens with zero attached hydrogens (tertiary/aromatic N) is 1. The molecule has 1 aromatic heterocycles. The Kier molecular flexibility index (Phi) is 5.94. The van der Waals surface area contributed by atoms with Crippen LogP contribution in [0, 0.1) is 23.7 Å². The summed E-state index contributed by atoms with van der Waals surface area (Å²) in [4.78, 5) is 4.53. The molecule has 0 aliphatic heterocycles. The molecule has 0 unspecified atom stereocenters. The van der Waals surface area contributed by atoms with E-state index in [9.17, 15) is 0 Å². The Morgan fingerprint density at radius 2 is 1.79 bits per heavy atom. The molecule has 1 aliphatic rings.